The van der Waals surface area contributed by atoms with Crippen LogP contribution in [0.25, 0.3) is 5.78 Å². The molecule has 6 nitrogen and oxygen atoms in total. The van der Waals surface area contributed by atoms with Gasteiger partial charge in [-0.25, -0.2) is 9.97 Å². The van der Waals surface area contributed by atoms with Gasteiger partial charge in [-0.15, -0.1) is 0 Å². The largest absolute Gasteiger partial charge is 0.333 e. The van der Waals surface area contributed by atoms with Crippen LogP contribution in [0.1, 0.15) is 48.2 Å². The molecule has 1 amide bonds. The maximum Gasteiger partial charge on any atom is 0.274 e. The molecule has 0 bridgehead atoms. The topological polar surface area (TPSA) is 62.5 Å². The fourth-order valence-corrected chi connectivity index (χ4v) is 4.92. The van der Waals surface area contributed by atoms with Gasteiger partial charge in [0.15, 0.2) is 0 Å². The van der Waals surface area contributed by atoms with E-state index in [1.54, 1.807) is 6.20 Å². The van der Waals surface area contributed by atoms with Gasteiger partial charge in [0.2, 0.25) is 5.78 Å². The van der Waals surface area contributed by atoms with E-state index < -0.39 is 0 Å². The van der Waals surface area contributed by atoms with Crippen molar-refractivity contribution in [1.82, 2.24) is 24.6 Å². The molecule has 0 spiro atoms. The number of nitrogens with one attached hydrogen (secondary N) is 1. The Morgan fingerprint density at radius 2 is 2.03 bits per heavy atom. The van der Waals surface area contributed by atoms with E-state index in [9.17, 15) is 4.79 Å². The van der Waals surface area contributed by atoms with Crippen LogP contribution in [-0.4, -0.2) is 49.8 Å². The summed E-state index contributed by atoms with van der Waals surface area (Å²) in [6.07, 6.45) is 12.0. The highest BCUT2D eigenvalue weighted by Crippen LogP contribution is 2.29. The number of hydrogen-bond acceptors (Lipinski definition) is 4. The second-order valence-corrected chi connectivity index (χ2v) is 8.26. The molecule has 150 valence electrons. The predicted molar refractivity (Wildman–Crippen MR) is 112 cm³/mol. The molecule has 5 rings (SSSR count). The Bertz CT molecular complexity index is 952. The molecule has 0 saturated carbocycles. The standard InChI is InChI=1S/C23H27N5O/c29-22(20-16-27-12-7-11-24-23(27)26-20)28-13-6-2-5-10-19-21(28)15-18(25-19)14-17-8-3-1-4-9-17/h1,3-4,7-9,11-12,16,18-19,21,25H,2,5-6,10,13-15H2/t18-,19-,21+/m1/s1. The molecule has 3 aromatic rings. The van der Waals surface area contributed by atoms with Gasteiger partial charge in [-0.3, -0.25) is 9.20 Å². The molecule has 1 N–H and O–H groups in total. The summed E-state index contributed by atoms with van der Waals surface area (Å²) in [5.41, 5.74) is 1.85. The SMILES string of the molecule is O=C(c1cn2cccnc2n1)N1CCCCC[C@H]2N[C@H](Cc3ccccc3)C[C@@H]21. The average molecular weight is 390 g/mol. The van der Waals surface area contributed by atoms with Gasteiger partial charge in [0.05, 0.1) is 0 Å². The van der Waals surface area contributed by atoms with Crippen LogP contribution in [0, 0.1) is 0 Å². The first-order valence-corrected chi connectivity index (χ1v) is 10.7. The highest BCUT2D eigenvalue weighted by molar-refractivity contribution is 5.93. The number of benzene rings is 1. The normalized spacial score (nSPS) is 24.8. The Hall–Kier alpha value is -2.73. The highest BCUT2D eigenvalue weighted by atomic mass is 16.2. The van der Waals surface area contributed by atoms with E-state index in [-0.39, 0.29) is 11.9 Å². The van der Waals surface area contributed by atoms with E-state index in [0.29, 0.717) is 23.6 Å². The maximum atomic E-state index is 13.4. The summed E-state index contributed by atoms with van der Waals surface area (Å²) in [7, 11) is 0. The molecule has 1 aromatic carbocycles. The maximum absolute atomic E-state index is 13.4. The Labute approximate surface area is 171 Å². The summed E-state index contributed by atoms with van der Waals surface area (Å²) in [5.74, 6) is 0.612. The van der Waals surface area contributed by atoms with E-state index in [0.717, 1.165) is 32.2 Å². The number of carbonyl (C=O) groups excluding carboxylic acids is 1. The van der Waals surface area contributed by atoms with Crippen LogP contribution in [0.3, 0.4) is 0 Å². The molecule has 4 heterocycles. The third-order valence-corrected chi connectivity index (χ3v) is 6.30. The minimum Gasteiger partial charge on any atom is -0.333 e. The molecule has 2 aliphatic rings. The van der Waals surface area contributed by atoms with Crippen molar-refractivity contribution in [2.24, 2.45) is 0 Å². The van der Waals surface area contributed by atoms with Gasteiger partial charge in [-0.2, -0.15) is 0 Å². The minimum absolute atomic E-state index is 0.0366. The van der Waals surface area contributed by atoms with E-state index in [1.807, 2.05) is 22.9 Å². The van der Waals surface area contributed by atoms with Gasteiger partial charge in [-0.05, 0) is 37.3 Å². The zero-order chi connectivity index (χ0) is 19.6. The molecule has 2 saturated heterocycles. The fourth-order valence-electron chi connectivity index (χ4n) is 4.92. The number of carbonyl (C=O) groups is 1. The molecule has 3 atom stereocenters. The monoisotopic (exact) mass is 389 g/mol. The smallest absolute Gasteiger partial charge is 0.274 e. The third kappa shape index (κ3) is 3.77. The molecule has 0 aliphatic carbocycles. The van der Waals surface area contributed by atoms with Crippen LogP contribution < -0.4 is 5.32 Å². The van der Waals surface area contributed by atoms with Crippen LogP contribution >= 0.6 is 0 Å². The first-order chi connectivity index (χ1) is 14.3. The van der Waals surface area contributed by atoms with Crippen LogP contribution in [0.5, 0.6) is 0 Å². The summed E-state index contributed by atoms with van der Waals surface area (Å²) in [5, 5.41) is 3.84. The Morgan fingerprint density at radius 1 is 1.14 bits per heavy atom. The molecule has 2 fully saturated rings. The molecule has 2 aromatic heterocycles. The van der Waals surface area contributed by atoms with E-state index in [1.165, 1.54) is 18.4 Å². The molecule has 29 heavy (non-hydrogen) atoms. The lowest BCUT2D eigenvalue weighted by Gasteiger charge is -2.34. The van der Waals surface area contributed by atoms with Gasteiger partial charge >= 0.3 is 0 Å². The van der Waals surface area contributed by atoms with Crippen molar-refractivity contribution in [3.05, 3.63) is 66.2 Å². The molecule has 0 unspecified atom stereocenters. The zero-order valence-corrected chi connectivity index (χ0v) is 16.6. The van der Waals surface area contributed by atoms with Gasteiger partial charge < -0.3 is 10.2 Å². The number of amides is 1. The molecular formula is C23H27N5O. The Morgan fingerprint density at radius 3 is 2.90 bits per heavy atom. The Balaban J connectivity index is 1.38. The van der Waals surface area contributed by atoms with Gasteiger partial charge in [0.1, 0.15) is 5.69 Å². The third-order valence-electron chi connectivity index (χ3n) is 6.30. The summed E-state index contributed by atoms with van der Waals surface area (Å²) in [6.45, 7) is 0.807. The van der Waals surface area contributed by atoms with Crippen molar-refractivity contribution < 1.29 is 4.79 Å². The first kappa shape index (κ1) is 18.3. The zero-order valence-electron chi connectivity index (χ0n) is 16.6. The van der Waals surface area contributed by atoms with E-state index >= 15 is 0 Å². The number of fused-ring (bicyclic) bond motifs is 2. The molecular weight excluding hydrogens is 362 g/mol. The lowest BCUT2D eigenvalue weighted by Crippen LogP contribution is -2.48. The number of hydrogen-bond donors (Lipinski definition) is 1. The van der Waals surface area contributed by atoms with Crippen molar-refractivity contribution in [3.63, 3.8) is 0 Å². The van der Waals surface area contributed by atoms with Gasteiger partial charge in [0.25, 0.3) is 5.91 Å². The quantitative estimate of drug-likeness (QED) is 0.748. The Kier molecular flexibility index (Phi) is 5.02. The van der Waals surface area contributed by atoms with Gasteiger partial charge in [0, 0.05) is 43.3 Å². The molecule has 0 radical (unpaired) electrons. The van der Waals surface area contributed by atoms with E-state index in [2.05, 4.69) is 50.5 Å². The van der Waals surface area contributed by atoms with E-state index in [4.69, 9.17) is 0 Å². The van der Waals surface area contributed by atoms with Crippen molar-refractivity contribution in [2.75, 3.05) is 6.54 Å². The minimum atomic E-state index is 0.0366. The number of nitrogens with zero attached hydrogens (tertiary/aromatic N) is 4. The van der Waals surface area contributed by atoms with Crippen molar-refractivity contribution >= 4 is 11.7 Å². The lowest BCUT2D eigenvalue weighted by molar-refractivity contribution is 0.0633. The highest BCUT2D eigenvalue weighted by Gasteiger charge is 2.40. The summed E-state index contributed by atoms with van der Waals surface area (Å²) < 4.78 is 1.82. The number of aromatic nitrogens is 3. The van der Waals surface area contributed by atoms with Crippen molar-refractivity contribution in [3.8, 4) is 0 Å². The predicted octanol–water partition coefficient (Wildman–Crippen LogP) is 3.09. The number of likely N-dealkylation sites (tertiary alicyclic amines) is 1. The van der Waals surface area contributed by atoms with Gasteiger partial charge in [-0.1, -0.05) is 43.2 Å². The average Bonchev–Trinajstić information content (AvgIpc) is 3.33. The second-order valence-electron chi connectivity index (χ2n) is 8.26. The lowest BCUT2D eigenvalue weighted by atomic mass is 9.96. The summed E-state index contributed by atoms with van der Waals surface area (Å²) >= 11 is 0. The number of rotatable bonds is 3. The fraction of sp³-hybridized carbons (Fsp3) is 0.435. The second kappa shape index (κ2) is 7.95. The van der Waals surface area contributed by atoms with Crippen LogP contribution in [-0.2, 0) is 6.42 Å². The first-order valence-electron chi connectivity index (χ1n) is 10.7. The van der Waals surface area contributed by atoms with Crippen LogP contribution in [0.4, 0.5) is 0 Å². The van der Waals surface area contributed by atoms with Crippen molar-refractivity contribution in [1.29, 1.82) is 0 Å². The van der Waals surface area contributed by atoms with Crippen molar-refractivity contribution in [2.45, 2.75) is 56.7 Å². The molecule has 6 heteroatoms. The van der Waals surface area contributed by atoms with Crippen LogP contribution in [0.15, 0.2) is 55.0 Å². The number of imidazole rings is 1. The summed E-state index contributed by atoms with van der Waals surface area (Å²) in [4.78, 5) is 24.3. The molecule has 2 aliphatic heterocycles. The van der Waals surface area contributed by atoms with Crippen LogP contribution in [0.2, 0.25) is 0 Å². The summed E-state index contributed by atoms with van der Waals surface area (Å²) in [6, 6.07) is 13.5.